The van der Waals surface area contributed by atoms with Gasteiger partial charge in [-0.3, -0.25) is 0 Å². The van der Waals surface area contributed by atoms with Crippen LogP contribution < -0.4 is 20.1 Å². The molecule has 2 aromatic carbocycles. The molecule has 0 radical (unpaired) electrons. The molecule has 1 atom stereocenters. The Morgan fingerprint density at radius 2 is 1.88 bits per heavy atom. The van der Waals surface area contributed by atoms with Gasteiger partial charge < -0.3 is 24.8 Å². The first-order valence-corrected chi connectivity index (χ1v) is 11.2. The average Bonchev–Trinajstić information content (AvgIpc) is 2.77. The summed E-state index contributed by atoms with van der Waals surface area (Å²) in [6.45, 7) is 5.96. The van der Waals surface area contributed by atoms with Crippen LogP contribution >= 0.6 is 23.2 Å². The van der Waals surface area contributed by atoms with Crippen molar-refractivity contribution in [3.8, 4) is 11.5 Å². The number of ether oxygens (including phenoxy) is 3. The zero-order valence-electron chi connectivity index (χ0n) is 18.8. The van der Waals surface area contributed by atoms with Gasteiger partial charge in [0.15, 0.2) is 11.5 Å². The number of nitrogens with one attached hydrogen (secondary N) is 2. The molecule has 9 heteroatoms. The Hall–Kier alpha value is -2.90. The fraction of sp³-hybridized carbons (Fsp3) is 0.333. The monoisotopic (exact) mass is 492 g/mol. The Morgan fingerprint density at radius 1 is 1.12 bits per heavy atom. The van der Waals surface area contributed by atoms with Crippen LogP contribution in [0.2, 0.25) is 10.0 Å². The van der Waals surface area contributed by atoms with Crippen molar-refractivity contribution in [2.24, 2.45) is 5.92 Å². The molecular weight excluding hydrogens is 467 g/mol. The number of urea groups is 1. The number of carbonyl (C=O) groups is 2. The van der Waals surface area contributed by atoms with Crippen LogP contribution in [0.3, 0.4) is 0 Å². The predicted molar refractivity (Wildman–Crippen MR) is 127 cm³/mol. The molecule has 0 saturated carbocycles. The van der Waals surface area contributed by atoms with E-state index in [0.29, 0.717) is 38.4 Å². The van der Waals surface area contributed by atoms with Gasteiger partial charge in [-0.05, 0) is 42.7 Å². The van der Waals surface area contributed by atoms with E-state index in [0.717, 1.165) is 5.56 Å². The summed E-state index contributed by atoms with van der Waals surface area (Å²) in [7, 11) is 1.52. The second-order valence-corrected chi connectivity index (χ2v) is 8.51. The summed E-state index contributed by atoms with van der Waals surface area (Å²) in [5.41, 5.74) is 2.31. The van der Waals surface area contributed by atoms with Crippen LogP contribution in [0.5, 0.6) is 11.5 Å². The van der Waals surface area contributed by atoms with Crippen molar-refractivity contribution in [2.75, 3.05) is 13.7 Å². The van der Waals surface area contributed by atoms with E-state index in [1.807, 2.05) is 13.8 Å². The molecule has 2 amide bonds. The molecule has 1 aliphatic rings. The predicted octanol–water partition coefficient (Wildman–Crippen LogP) is 5.41. The molecule has 0 aromatic heterocycles. The molecule has 1 aliphatic heterocycles. The van der Waals surface area contributed by atoms with E-state index in [9.17, 15) is 9.59 Å². The van der Waals surface area contributed by atoms with Gasteiger partial charge >= 0.3 is 12.0 Å². The third-order valence-electron chi connectivity index (χ3n) is 5.09. The van der Waals surface area contributed by atoms with Crippen molar-refractivity contribution >= 4 is 35.2 Å². The first-order chi connectivity index (χ1) is 15.7. The number of halogens is 2. The minimum atomic E-state index is -0.705. The van der Waals surface area contributed by atoms with Crippen molar-refractivity contribution < 1.29 is 23.8 Å². The number of carbonyl (C=O) groups excluding carboxylic acids is 2. The SMILES string of the molecule is CCOC(=O)C1=C(C(C)C)NC(=O)NC1c1ccc(OCc2ccc(Cl)cc2Cl)c(OC)c1. The molecule has 1 heterocycles. The van der Waals surface area contributed by atoms with Gasteiger partial charge in [-0.15, -0.1) is 0 Å². The molecule has 0 bridgehead atoms. The van der Waals surface area contributed by atoms with E-state index >= 15 is 0 Å². The fourth-order valence-electron chi connectivity index (χ4n) is 3.50. The van der Waals surface area contributed by atoms with Crippen LogP contribution in [-0.2, 0) is 16.1 Å². The Balaban J connectivity index is 1.93. The van der Waals surface area contributed by atoms with Gasteiger partial charge in [0, 0.05) is 21.3 Å². The lowest BCUT2D eigenvalue weighted by molar-refractivity contribution is -0.139. The maximum atomic E-state index is 12.8. The smallest absolute Gasteiger partial charge is 0.338 e. The number of hydrogen-bond donors (Lipinski definition) is 2. The molecule has 7 nitrogen and oxygen atoms in total. The zero-order valence-corrected chi connectivity index (χ0v) is 20.3. The van der Waals surface area contributed by atoms with Gasteiger partial charge in [-0.2, -0.15) is 0 Å². The average molecular weight is 493 g/mol. The van der Waals surface area contributed by atoms with Crippen LogP contribution in [-0.4, -0.2) is 25.7 Å². The van der Waals surface area contributed by atoms with Crippen LogP contribution in [0.4, 0.5) is 4.79 Å². The fourth-order valence-corrected chi connectivity index (χ4v) is 3.97. The summed E-state index contributed by atoms with van der Waals surface area (Å²) < 4.78 is 16.7. The summed E-state index contributed by atoms with van der Waals surface area (Å²) in [5, 5.41) is 6.60. The lowest BCUT2D eigenvalue weighted by Gasteiger charge is -2.31. The van der Waals surface area contributed by atoms with Crippen LogP contribution in [0, 0.1) is 5.92 Å². The Labute approximate surface area is 203 Å². The standard InChI is InChI=1S/C24H26Cl2N2O5/c1-5-32-23(29)20-21(13(2)3)27-24(30)28-22(20)14-7-9-18(19(10-14)31-4)33-12-15-6-8-16(25)11-17(15)26/h6-11,13,22H,5,12H2,1-4H3,(H2,27,28,30). The number of hydrogen-bond acceptors (Lipinski definition) is 5. The summed E-state index contributed by atoms with van der Waals surface area (Å²) in [4.78, 5) is 25.1. The number of allylic oxidation sites excluding steroid dienone is 1. The molecule has 1 unspecified atom stereocenters. The second-order valence-electron chi connectivity index (χ2n) is 7.67. The lowest BCUT2D eigenvalue weighted by atomic mass is 9.91. The highest BCUT2D eigenvalue weighted by atomic mass is 35.5. The largest absolute Gasteiger partial charge is 0.493 e. The zero-order chi connectivity index (χ0) is 24.1. The van der Waals surface area contributed by atoms with Crippen molar-refractivity contribution in [2.45, 2.75) is 33.4 Å². The Morgan fingerprint density at radius 3 is 2.52 bits per heavy atom. The third kappa shape index (κ3) is 5.72. The van der Waals surface area contributed by atoms with Crippen molar-refractivity contribution in [1.29, 1.82) is 0 Å². The maximum Gasteiger partial charge on any atom is 0.338 e. The molecule has 0 spiro atoms. The molecule has 0 saturated heterocycles. The second kappa shape index (κ2) is 10.8. The minimum absolute atomic E-state index is 0.0911. The van der Waals surface area contributed by atoms with E-state index in [1.54, 1.807) is 43.3 Å². The Kier molecular flexibility index (Phi) is 8.10. The topological polar surface area (TPSA) is 85.9 Å². The quantitative estimate of drug-likeness (QED) is 0.481. The molecule has 3 rings (SSSR count). The molecular formula is C24H26Cl2N2O5. The summed E-state index contributed by atoms with van der Waals surface area (Å²) in [5.74, 6) is 0.347. The lowest BCUT2D eigenvalue weighted by Crippen LogP contribution is -2.47. The molecule has 2 N–H and O–H groups in total. The van der Waals surface area contributed by atoms with E-state index in [2.05, 4.69) is 10.6 Å². The highest BCUT2D eigenvalue weighted by molar-refractivity contribution is 6.35. The summed E-state index contributed by atoms with van der Waals surface area (Å²) in [6.07, 6.45) is 0. The van der Waals surface area contributed by atoms with Crippen molar-refractivity contribution in [1.82, 2.24) is 10.6 Å². The third-order valence-corrected chi connectivity index (χ3v) is 5.68. The van der Waals surface area contributed by atoms with Gasteiger partial charge in [0.25, 0.3) is 0 Å². The first kappa shape index (κ1) is 24.7. The van der Waals surface area contributed by atoms with Gasteiger partial charge in [0.1, 0.15) is 6.61 Å². The molecule has 176 valence electrons. The number of amides is 2. The van der Waals surface area contributed by atoms with E-state index < -0.39 is 18.0 Å². The number of benzene rings is 2. The number of methoxy groups -OCH3 is 1. The minimum Gasteiger partial charge on any atom is -0.493 e. The van der Waals surface area contributed by atoms with E-state index in [-0.39, 0.29) is 19.1 Å². The Bertz CT molecular complexity index is 1080. The molecule has 0 aliphatic carbocycles. The molecule has 2 aromatic rings. The summed E-state index contributed by atoms with van der Waals surface area (Å²) in [6, 6.07) is 9.31. The highest BCUT2D eigenvalue weighted by Gasteiger charge is 2.35. The van der Waals surface area contributed by atoms with Gasteiger partial charge in [-0.1, -0.05) is 49.2 Å². The highest BCUT2D eigenvalue weighted by Crippen LogP contribution is 2.36. The van der Waals surface area contributed by atoms with Gasteiger partial charge in [0.05, 0.1) is 25.3 Å². The van der Waals surface area contributed by atoms with Crippen LogP contribution in [0.1, 0.15) is 37.9 Å². The van der Waals surface area contributed by atoms with Gasteiger partial charge in [0.2, 0.25) is 0 Å². The van der Waals surface area contributed by atoms with Crippen molar-refractivity contribution in [3.63, 3.8) is 0 Å². The molecule has 0 fully saturated rings. The number of rotatable bonds is 8. The van der Waals surface area contributed by atoms with Crippen LogP contribution in [0.25, 0.3) is 0 Å². The van der Waals surface area contributed by atoms with Gasteiger partial charge in [-0.25, -0.2) is 9.59 Å². The first-order valence-electron chi connectivity index (χ1n) is 10.5. The van der Waals surface area contributed by atoms with Crippen molar-refractivity contribution in [3.05, 3.63) is 68.8 Å². The van der Waals surface area contributed by atoms with Crippen LogP contribution in [0.15, 0.2) is 47.7 Å². The maximum absolute atomic E-state index is 12.8. The van der Waals surface area contributed by atoms with E-state index in [4.69, 9.17) is 37.4 Å². The normalized spacial score (nSPS) is 15.7. The summed E-state index contributed by atoms with van der Waals surface area (Å²) >= 11 is 12.2. The molecule has 33 heavy (non-hydrogen) atoms. The number of esters is 1. The van der Waals surface area contributed by atoms with E-state index in [1.165, 1.54) is 7.11 Å².